The van der Waals surface area contributed by atoms with Crippen LogP contribution >= 0.6 is 0 Å². The molecule has 2 aromatic rings. The second-order valence-electron chi connectivity index (χ2n) is 6.19. The number of rotatable bonds is 7. The number of pyridine rings is 1. The minimum Gasteiger partial charge on any atom is -0.382 e. The van der Waals surface area contributed by atoms with E-state index in [0.29, 0.717) is 25.3 Å². The first kappa shape index (κ1) is 17.6. The van der Waals surface area contributed by atoms with E-state index in [1.807, 2.05) is 29.2 Å². The van der Waals surface area contributed by atoms with Gasteiger partial charge in [0.05, 0.1) is 30.9 Å². The van der Waals surface area contributed by atoms with Crippen molar-refractivity contribution in [3.05, 3.63) is 66.0 Å². The van der Waals surface area contributed by atoms with Crippen molar-refractivity contribution in [2.24, 2.45) is 0 Å². The van der Waals surface area contributed by atoms with Crippen molar-refractivity contribution in [1.82, 2.24) is 9.88 Å². The zero-order chi connectivity index (χ0) is 17.5. The van der Waals surface area contributed by atoms with Crippen molar-refractivity contribution < 1.29 is 14.3 Å². The van der Waals surface area contributed by atoms with E-state index in [2.05, 4.69) is 17.1 Å². The highest BCUT2D eigenvalue weighted by molar-refractivity contribution is 5.94. The minimum atomic E-state index is 0.0203. The molecule has 2 atom stereocenters. The maximum atomic E-state index is 12.9. The fourth-order valence-corrected chi connectivity index (χ4v) is 3.31. The topological polar surface area (TPSA) is 51.7 Å². The molecule has 0 unspecified atom stereocenters. The Bertz CT molecular complexity index is 663. The van der Waals surface area contributed by atoms with Gasteiger partial charge in [-0.3, -0.25) is 9.78 Å². The maximum Gasteiger partial charge on any atom is 0.255 e. The van der Waals surface area contributed by atoms with Gasteiger partial charge in [0.1, 0.15) is 0 Å². The number of carbonyl (C=O) groups is 1. The highest BCUT2D eigenvalue weighted by atomic mass is 16.5. The summed E-state index contributed by atoms with van der Waals surface area (Å²) in [6, 6.07) is 13.9. The number of methoxy groups -OCH3 is 1. The van der Waals surface area contributed by atoms with Gasteiger partial charge < -0.3 is 14.4 Å². The summed E-state index contributed by atoms with van der Waals surface area (Å²) in [6.07, 6.45) is 4.95. The Balaban J connectivity index is 1.77. The molecule has 5 nitrogen and oxygen atoms in total. The van der Waals surface area contributed by atoms with Crippen molar-refractivity contribution in [3.8, 4) is 0 Å². The van der Waals surface area contributed by atoms with Crippen molar-refractivity contribution >= 4 is 5.91 Å². The van der Waals surface area contributed by atoms with Crippen molar-refractivity contribution in [1.29, 1.82) is 0 Å². The lowest BCUT2D eigenvalue weighted by Crippen LogP contribution is -2.42. The molecular weight excluding hydrogens is 316 g/mol. The molecule has 0 bridgehead atoms. The number of ether oxygens (including phenoxy) is 2. The number of hydrogen-bond donors (Lipinski definition) is 0. The summed E-state index contributed by atoms with van der Waals surface area (Å²) in [5.41, 5.74) is 1.83. The minimum absolute atomic E-state index is 0.0203. The third-order valence-corrected chi connectivity index (χ3v) is 4.56. The highest BCUT2D eigenvalue weighted by Gasteiger charge is 2.38. The Morgan fingerprint density at radius 1 is 1.20 bits per heavy atom. The normalized spacial score (nSPS) is 20.0. The Morgan fingerprint density at radius 2 is 2.04 bits per heavy atom. The van der Waals surface area contributed by atoms with Gasteiger partial charge in [-0.25, -0.2) is 0 Å². The second-order valence-corrected chi connectivity index (χ2v) is 6.19. The summed E-state index contributed by atoms with van der Waals surface area (Å²) >= 11 is 0. The van der Waals surface area contributed by atoms with Crippen LogP contribution in [-0.2, 0) is 15.9 Å². The van der Waals surface area contributed by atoms with Crippen LogP contribution in [-0.4, -0.2) is 54.8 Å². The number of amides is 1. The van der Waals surface area contributed by atoms with E-state index in [9.17, 15) is 4.79 Å². The SMILES string of the molecule is COCCO[C@@H]1CCN(C(=O)c2cccnc2)[C@H]1Cc1ccccc1. The lowest BCUT2D eigenvalue weighted by atomic mass is 10.0. The third kappa shape index (κ3) is 4.44. The second kappa shape index (κ2) is 8.74. The van der Waals surface area contributed by atoms with E-state index in [-0.39, 0.29) is 18.1 Å². The maximum absolute atomic E-state index is 12.9. The molecule has 1 aromatic carbocycles. The van der Waals surface area contributed by atoms with Gasteiger partial charge in [0, 0.05) is 26.0 Å². The van der Waals surface area contributed by atoms with E-state index >= 15 is 0 Å². The Hall–Kier alpha value is -2.24. The molecule has 0 aliphatic carbocycles. The van der Waals surface area contributed by atoms with Gasteiger partial charge in [-0.1, -0.05) is 30.3 Å². The van der Waals surface area contributed by atoms with Gasteiger partial charge in [-0.2, -0.15) is 0 Å². The smallest absolute Gasteiger partial charge is 0.255 e. The quantitative estimate of drug-likeness (QED) is 0.727. The number of aromatic nitrogens is 1. The fourth-order valence-electron chi connectivity index (χ4n) is 3.31. The van der Waals surface area contributed by atoms with Gasteiger partial charge >= 0.3 is 0 Å². The first-order valence-electron chi connectivity index (χ1n) is 8.65. The molecule has 132 valence electrons. The van der Waals surface area contributed by atoms with E-state index in [0.717, 1.165) is 12.8 Å². The van der Waals surface area contributed by atoms with Crippen LogP contribution in [0.3, 0.4) is 0 Å². The van der Waals surface area contributed by atoms with Gasteiger partial charge in [0.2, 0.25) is 0 Å². The van der Waals surface area contributed by atoms with Gasteiger partial charge in [0.25, 0.3) is 5.91 Å². The van der Waals surface area contributed by atoms with Crippen molar-refractivity contribution in [3.63, 3.8) is 0 Å². The molecule has 1 aliphatic heterocycles. The Labute approximate surface area is 148 Å². The van der Waals surface area contributed by atoms with Crippen LogP contribution in [0.2, 0.25) is 0 Å². The standard InChI is InChI=1S/C20H24N2O3/c1-24-12-13-25-19-9-11-22(20(23)17-8-5-10-21-15-17)18(19)14-16-6-3-2-4-7-16/h2-8,10,15,18-19H,9,11-14H2,1H3/t18-,19+/m0/s1. The van der Waals surface area contributed by atoms with Crippen molar-refractivity contribution in [2.45, 2.75) is 25.0 Å². The number of carbonyl (C=O) groups excluding carboxylic acids is 1. The summed E-state index contributed by atoms with van der Waals surface area (Å²) < 4.78 is 11.1. The summed E-state index contributed by atoms with van der Waals surface area (Å²) in [5.74, 6) is 0.0203. The van der Waals surface area contributed by atoms with Crippen LogP contribution in [0.25, 0.3) is 0 Å². The van der Waals surface area contributed by atoms with Crippen LogP contribution in [0.4, 0.5) is 0 Å². The molecule has 0 saturated carbocycles. The van der Waals surface area contributed by atoms with Crippen LogP contribution in [0.1, 0.15) is 22.3 Å². The zero-order valence-corrected chi connectivity index (χ0v) is 14.5. The number of benzene rings is 1. The fraction of sp³-hybridized carbons (Fsp3) is 0.400. The molecule has 25 heavy (non-hydrogen) atoms. The largest absolute Gasteiger partial charge is 0.382 e. The predicted octanol–water partition coefficient (Wildman–Crippen LogP) is 2.57. The zero-order valence-electron chi connectivity index (χ0n) is 14.5. The van der Waals surface area contributed by atoms with E-state index in [4.69, 9.17) is 9.47 Å². The molecular formula is C20H24N2O3. The molecule has 1 amide bonds. The van der Waals surface area contributed by atoms with Crippen molar-refractivity contribution in [2.75, 3.05) is 26.9 Å². The third-order valence-electron chi connectivity index (χ3n) is 4.56. The average Bonchev–Trinajstić information content (AvgIpc) is 3.05. The molecule has 1 saturated heterocycles. The number of likely N-dealkylation sites (tertiary alicyclic amines) is 1. The molecule has 2 heterocycles. The predicted molar refractivity (Wildman–Crippen MR) is 95.4 cm³/mol. The lowest BCUT2D eigenvalue weighted by Gasteiger charge is -2.28. The Kier molecular flexibility index (Phi) is 6.14. The Morgan fingerprint density at radius 3 is 2.76 bits per heavy atom. The molecule has 0 radical (unpaired) electrons. The molecule has 3 rings (SSSR count). The van der Waals surface area contributed by atoms with Crippen LogP contribution in [0.5, 0.6) is 0 Å². The summed E-state index contributed by atoms with van der Waals surface area (Å²) in [5, 5.41) is 0. The first-order chi connectivity index (χ1) is 12.3. The summed E-state index contributed by atoms with van der Waals surface area (Å²) in [6.45, 7) is 1.80. The molecule has 5 heteroatoms. The molecule has 0 spiro atoms. The molecule has 0 N–H and O–H groups in total. The summed E-state index contributed by atoms with van der Waals surface area (Å²) in [7, 11) is 1.66. The molecule has 1 aromatic heterocycles. The monoisotopic (exact) mass is 340 g/mol. The van der Waals surface area contributed by atoms with E-state index < -0.39 is 0 Å². The van der Waals surface area contributed by atoms with Crippen LogP contribution in [0.15, 0.2) is 54.9 Å². The van der Waals surface area contributed by atoms with Crippen LogP contribution < -0.4 is 0 Å². The number of nitrogens with zero attached hydrogens (tertiary/aromatic N) is 2. The molecule has 1 aliphatic rings. The van der Waals surface area contributed by atoms with Gasteiger partial charge in [0.15, 0.2) is 0 Å². The summed E-state index contributed by atoms with van der Waals surface area (Å²) in [4.78, 5) is 18.9. The average molecular weight is 340 g/mol. The molecule has 1 fully saturated rings. The lowest BCUT2D eigenvalue weighted by molar-refractivity contribution is 0.000490. The van der Waals surface area contributed by atoms with Gasteiger partial charge in [-0.15, -0.1) is 0 Å². The van der Waals surface area contributed by atoms with Gasteiger partial charge in [-0.05, 0) is 30.5 Å². The van der Waals surface area contributed by atoms with Crippen LogP contribution in [0, 0.1) is 0 Å². The van der Waals surface area contributed by atoms with E-state index in [1.54, 1.807) is 25.6 Å². The first-order valence-corrected chi connectivity index (χ1v) is 8.65. The number of hydrogen-bond acceptors (Lipinski definition) is 4. The highest BCUT2D eigenvalue weighted by Crippen LogP contribution is 2.26. The van der Waals surface area contributed by atoms with E-state index in [1.165, 1.54) is 5.56 Å².